The first-order valence-electron chi connectivity index (χ1n) is 5.15. The number of carbonyl (C=O) groups excluding carboxylic acids is 1. The minimum absolute atomic E-state index is 0.0702. The summed E-state index contributed by atoms with van der Waals surface area (Å²) in [5.74, 6) is -3.41. The summed E-state index contributed by atoms with van der Waals surface area (Å²) in [6.45, 7) is 0. The Morgan fingerprint density at radius 1 is 1.50 bits per heavy atom. The van der Waals surface area contributed by atoms with E-state index < -0.39 is 36.0 Å². The summed E-state index contributed by atoms with van der Waals surface area (Å²) < 4.78 is 26.6. The fraction of sp³-hybridized carbons (Fsp3) is 0.273. The Morgan fingerprint density at radius 3 is 2.78 bits per heavy atom. The second-order valence-corrected chi connectivity index (χ2v) is 3.98. The van der Waals surface area contributed by atoms with Gasteiger partial charge >= 0.3 is 5.97 Å². The number of carboxylic acid groups (broad SMARTS) is 1. The molecule has 18 heavy (non-hydrogen) atoms. The quantitative estimate of drug-likeness (QED) is 0.834. The summed E-state index contributed by atoms with van der Waals surface area (Å²) in [6, 6.07) is 0.666. The number of rotatable bonds is 2. The number of nitrogens with zero attached hydrogens (tertiary/aromatic N) is 1. The van der Waals surface area contributed by atoms with Crippen LogP contribution in [0.3, 0.4) is 0 Å². The lowest BCUT2D eigenvalue weighted by Crippen LogP contribution is -2.46. The molecule has 1 heterocycles. The molecule has 0 spiro atoms. The second kappa shape index (κ2) is 4.25. The molecule has 0 fully saturated rings. The Bertz CT molecular complexity index is 533. The van der Waals surface area contributed by atoms with Crippen LogP contribution in [0.15, 0.2) is 12.1 Å². The molecule has 0 saturated carbocycles. The lowest BCUT2D eigenvalue weighted by atomic mass is 10.1. The molecule has 1 aliphatic rings. The normalized spacial score (nSPS) is 18.3. The van der Waals surface area contributed by atoms with Gasteiger partial charge in [0, 0.05) is 13.1 Å². The Morgan fingerprint density at radius 2 is 2.17 bits per heavy atom. The van der Waals surface area contributed by atoms with E-state index in [4.69, 9.17) is 5.11 Å². The van der Waals surface area contributed by atoms with Crippen molar-refractivity contribution in [2.45, 2.75) is 12.5 Å². The molecule has 0 radical (unpaired) electrons. The fourth-order valence-corrected chi connectivity index (χ4v) is 1.92. The van der Waals surface area contributed by atoms with E-state index in [0.29, 0.717) is 6.07 Å². The number of benzene rings is 1. The Hall–Kier alpha value is -2.18. The summed E-state index contributed by atoms with van der Waals surface area (Å²) in [4.78, 5) is 23.4. The van der Waals surface area contributed by atoms with Crippen molar-refractivity contribution >= 4 is 23.3 Å². The van der Waals surface area contributed by atoms with Crippen LogP contribution in [0.2, 0.25) is 0 Å². The zero-order chi connectivity index (χ0) is 13.4. The number of aliphatic carboxylic acids is 1. The maximum absolute atomic E-state index is 13.6. The molecule has 1 aliphatic heterocycles. The molecule has 1 atom stereocenters. The van der Waals surface area contributed by atoms with Gasteiger partial charge in [0.25, 0.3) is 0 Å². The van der Waals surface area contributed by atoms with Gasteiger partial charge in [-0.05, 0) is 6.07 Å². The predicted molar refractivity (Wildman–Crippen MR) is 59.4 cm³/mol. The highest BCUT2D eigenvalue weighted by Gasteiger charge is 2.33. The van der Waals surface area contributed by atoms with Gasteiger partial charge in [-0.15, -0.1) is 0 Å². The third-order valence-corrected chi connectivity index (χ3v) is 2.70. The first kappa shape index (κ1) is 12.3. The zero-order valence-electron chi connectivity index (χ0n) is 9.41. The van der Waals surface area contributed by atoms with Gasteiger partial charge in [-0.25, -0.2) is 8.78 Å². The molecular formula is C11H10F2N2O3. The number of hydrogen-bond donors (Lipinski definition) is 2. The molecule has 1 unspecified atom stereocenters. The summed E-state index contributed by atoms with van der Waals surface area (Å²) in [5.41, 5.74) is -0.0103. The first-order chi connectivity index (χ1) is 8.40. The number of hydrogen-bond acceptors (Lipinski definition) is 3. The van der Waals surface area contributed by atoms with Gasteiger partial charge in [-0.3, -0.25) is 9.59 Å². The van der Waals surface area contributed by atoms with E-state index in [0.717, 1.165) is 11.0 Å². The van der Waals surface area contributed by atoms with Gasteiger partial charge in [-0.2, -0.15) is 0 Å². The lowest BCUT2D eigenvalue weighted by molar-refractivity contribution is -0.138. The first-order valence-corrected chi connectivity index (χ1v) is 5.15. The molecule has 7 heteroatoms. The van der Waals surface area contributed by atoms with Gasteiger partial charge in [-0.1, -0.05) is 0 Å². The number of fused-ring (bicyclic) bond motifs is 1. The van der Waals surface area contributed by atoms with Crippen LogP contribution in [0, 0.1) is 11.6 Å². The van der Waals surface area contributed by atoms with E-state index in [1.165, 1.54) is 7.05 Å². The van der Waals surface area contributed by atoms with Crippen molar-refractivity contribution in [3.8, 4) is 0 Å². The van der Waals surface area contributed by atoms with Gasteiger partial charge in [0.2, 0.25) is 5.91 Å². The zero-order valence-corrected chi connectivity index (χ0v) is 9.41. The van der Waals surface area contributed by atoms with Crippen molar-refractivity contribution in [2.75, 3.05) is 17.3 Å². The molecular weight excluding hydrogens is 246 g/mol. The molecule has 0 bridgehead atoms. The molecule has 0 aromatic heterocycles. The van der Waals surface area contributed by atoms with Crippen LogP contribution in [0.1, 0.15) is 6.42 Å². The lowest BCUT2D eigenvalue weighted by Gasteiger charge is -2.32. The number of anilines is 2. The van der Waals surface area contributed by atoms with E-state index in [1.54, 1.807) is 0 Å². The SMILES string of the molecule is CN1C(=O)C(CC(=O)O)Nc2cc(F)cc(F)c21. The molecule has 2 N–H and O–H groups in total. The monoisotopic (exact) mass is 256 g/mol. The maximum Gasteiger partial charge on any atom is 0.305 e. The number of amides is 1. The summed E-state index contributed by atoms with van der Waals surface area (Å²) in [7, 11) is 1.32. The van der Waals surface area contributed by atoms with Crippen molar-refractivity contribution < 1.29 is 23.5 Å². The van der Waals surface area contributed by atoms with Crippen molar-refractivity contribution in [1.29, 1.82) is 0 Å². The summed E-state index contributed by atoms with van der Waals surface area (Å²) in [5, 5.41) is 11.2. The van der Waals surface area contributed by atoms with Crippen LogP contribution in [0.4, 0.5) is 20.2 Å². The van der Waals surface area contributed by atoms with E-state index in [-0.39, 0.29) is 11.4 Å². The van der Waals surface area contributed by atoms with E-state index >= 15 is 0 Å². The van der Waals surface area contributed by atoms with Crippen molar-refractivity contribution in [2.24, 2.45) is 0 Å². The average Bonchev–Trinajstić information content (AvgIpc) is 2.23. The van der Waals surface area contributed by atoms with Gasteiger partial charge in [0.1, 0.15) is 17.5 Å². The fourth-order valence-electron chi connectivity index (χ4n) is 1.92. The molecule has 5 nitrogen and oxygen atoms in total. The van der Waals surface area contributed by atoms with E-state index in [1.807, 2.05) is 0 Å². The van der Waals surface area contributed by atoms with Crippen LogP contribution in [-0.2, 0) is 9.59 Å². The predicted octanol–water partition coefficient (Wildman–Crippen LogP) is 1.20. The Labute approximate surface area is 101 Å². The Kier molecular flexibility index (Phi) is 2.90. The summed E-state index contributed by atoms with van der Waals surface area (Å²) >= 11 is 0. The molecule has 2 rings (SSSR count). The van der Waals surface area contributed by atoms with E-state index in [9.17, 15) is 18.4 Å². The number of carboxylic acids is 1. The number of carbonyl (C=O) groups is 2. The highest BCUT2D eigenvalue weighted by atomic mass is 19.1. The largest absolute Gasteiger partial charge is 0.481 e. The third-order valence-electron chi connectivity index (χ3n) is 2.70. The molecule has 1 aromatic rings. The van der Waals surface area contributed by atoms with Gasteiger partial charge in [0.15, 0.2) is 5.82 Å². The van der Waals surface area contributed by atoms with Crippen LogP contribution in [-0.4, -0.2) is 30.1 Å². The number of nitrogens with one attached hydrogen (secondary N) is 1. The van der Waals surface area contributed by atoms with Crippen LogP contribution in [0.25, 0.3) is 0 Å². The standard InChI is InChI=1S/C11H10F2N2O3/c1-15-10-6(13)2-5(12)3-7(10)14-8(11(15)18)4-9(16)17/h2-3,8,14H,4H2,1H3,(H,16,17). The molecule has 1 aromatic carbocycles. The van der Waals surface area contributed by atoms with Crippen LogP contribution in [0.5, 0.6) is 0 Å². The third kappa shape index (κ3) is 1.99. The number of likely N-dealkylation sites (N-methyl/N-ethyl adjacent to an activating group) is 1. The van der Waals surface area contributed by atoms with Crippen molar-refractivity contribution in [3.63, 3.8) is 0 Å². The average molecular weight is 256 g/mol. The van der Waals surface area contributed by atoms with Crippen molar-refractivity contribution in [1.82, 2.24) is 0 Å². The van der Waals surface area contributed by atoms with Crippen LogP contribution < -0.4 is 10.2 Å². The minimum atomic E-state index is -1.17. The highest BCUT2D eigenvalue weighted by molar-refractivity contribution is 6.05. The van der Waals surface area contributed by atoms with Crippen molar-refractivity contribution in [3.05, 3.63) is 23.8 Å². The van der Waals surface area contributed by atoms with E-state index in [2.05, 4.69) is 5.32 Å². The van der Waals surface area contributed by atoms with Gasteiger partial charge < -0.3 is 15.3 Å². The molecule has 0 saturated heterocycles. The Balaban J connectivity index is 2.44. The molecule has 0 aliphatic carbocycles. The number of halogens is 2. The minimum Gasteiger partial charge on any atom is -0.481 e. The smallest absolute Gasteiger partial charge is 0.305 e. The molecule has 96 valence electrons. The second-order valence-electron chi connectivity index (χ2n) is 3.98. The van der Waals surface area contributed by atoms with Gasteiger partial charge in [0.05, 0.1) is 12.1 Å². The molecule has 1 amide bonds. The highest BCUT2D eigenvalue weighted by Crippen LogP contribution is 2.34. The topological polar surface area (TPSA) is 69.6 Å². The van der Waals surface area contributed by atoms with Crippen LogP contribution >= 0.6 is 0 Å². The summed E-state index contributed by atoms with van der Waals surface area (Å²) in [6.07, 6.45) is -0.458. The maximum atomic E-state index is 13.6.